The predicted molar refractivity (Wildman–Crippen MR) is 171 cm³/mol. The van der Waals surface area contributed by atoms with E-state index in [1.165, 1.54) is 6.33 Å². The van der Waals surface area contributed by atoms with Gasteiger partial charge in [0.1, 0.15) is 35.9 Å². The molecule has 0 spiro atoms. The molecular weight excluding hydrogens is 598 g/mol. The Kier molecular flexibility index (Phi) is 8.30. The molecule has 4 aromatic rings. The van der Waals surface area contributed by atoms with Crippen LogP contribution in [0.15, 0.2) is 43.1 Å². The summed E-state index contributed by atoms with van der Waals surface area (Å²) in [5, 5.41) is 17.9. The minimum atomic E-state index is -0.786. The highest BCUT2D eigenvalue weighted by atomic mass is 32.3. The SMILES string of the molecule is C[C@@H](NC(=O)c1cc(F)c(N2CC(CC#N)(n3cc(-c4ncnc5c4ccn5COCCS(C)(C)C)cn3)C2)cc1F)C1CC1. The van der Waals surface area contributed by atoms with Crippen molar-refractivity contribution in [1.82, 2.24) is 29.6 Å². The highest BCUT2D eigenvalue weighted by molar-refractivity contribution is 8.32. The van der Waals surface area contributed by atoms with Crippen molar-refractivity contribution >= 4 is 32.7 Å². The molecule has 0 radical (unpaired) electrons. The van der Waals surface area contributed by atoms with Gasteiger partial charge in [0, 0.05) is 54.3 Å². The van der Waals surface area contributed by atoms with E-state index in [1.54, 1.807) is 15.8 Å². The number of hydrogen-bond donors (Lipinski definition) is 1. The number of carbonyl (C=O) groups excluding carboxylic acids is 1. The van der Waals surface area contributed by atoms with Gasteiger partial charge in [-0.15, -0.1) is 0 Å². The molecule has 1 saturated heterocycles. The highest BCUT2D eigenvalue weighted by Gasteiger charge is 2.46. The number of ether oxygens (including phenoxy) is 1. The molecule has 13 heteroatoms. The Morgan fingerprint density at radius 2 is 2.00 bits per heavy atom. The van der Waals surface area contributed by atoms with Crippen molar-refractivity contribution in [2.75, 3.05) is 49.1 Å². The van der Waals surface area contributed by atoms with Gasteiger partial charge in [-0.1, -0.05) is 0 Å². The fourth-order valence-electron chi connectivity index (χ4n) is 5.78. The lowest BCUT2D eigenvalue weighted by Crippen LogP contribution is -2.63. The fraction of sp³-hybridized carbons (Fsp3) is 0.469. The number of halogens is 2. The molecule has 2 aliphatic rings. The summed E-state index contributed by atoms with van der Waals surface area (Å²) in [6.45, 7) is 3.43. The number of amides is 1. The molecule has 0 unspecified atom stereocenters. The average molecular weight is 637 g/mol. The topological polar surface area (TPSA) is 114 Å². The van der Waals surface area contributed by atoms with Crippen molar-refractivity contribution in [3.63, 3.8) is 0 Å². The lowest BCUT2D eigenvalue weighted by atomic mass is 9.86. The molecule has 6 rings (SSSR count). The monoisotopic (exact) mass is 636 g/mol. The third-order valence-corrected chi connectivity index (χ3v) is 10.0. The van der Waals surface area contributed by atoms with Gasteiger partial charge < -0.3 is 19.5 Å². The van der Waals surface area contributed by atoms with Crippen LogP contribution in [0.4, 0.5) is 14.5 Å². The van der Waals surface area contributed by atoms with E-state index in [1.807, 2.05) is 30.0 Å². The summed E-state index contributed by atoms with van der Waals surface area (Å²) in [6.07, 6.45) is 15.9. The first-order valence-corrected chi connectivity index (χ1v) is 18.0. The number of benzene rings is 1. The molecule has 0 bridgehead atoms. The maximum absolute atomic E-state index is 15.2. The number of anilines is 1. The first-order chi connectivity index (χ1) is 21.5. The van der Waals surface area contributed by atoms with Gasteiger partial charge in [-0.25, -0.2) is 28.8 Å². The summed E-state index contributed by atoms with van der Waals surface area (Å²) in [4.78, 5) is 23.3. The van der Waals surface area contributed by atoms with Crippen molar-refractivity contribution < 1.29 is 18.3 Å². The van der Waals surface area contributed by atoms with Gasteiger partial charge in [0.15, 0.2) is 0 Å². The number of aromatic nitrogens is 5. The predicted octanol–water partition coefficient (Wildman–Crippen LogP) is 4.90. The van der Waals surface area contributed by atoms with Gasteiger partial charge in [0.05, 0.1) is 42.2 Å². The van der Waals surface area contributed by atoms with E-state index in [-0.39, 0.29) is 36.8 Å². The van der Waals surface area contributed by atoms with Crippen molar-refractivity contribution in [2.24, 2.45) is 5.92 Å². The lowest BCUT2D eigenvalue weighted by molar-refractivity contribution is 0.0922. The second-order valence-electron chi connectivity index (χ2n) is 13.0. The van der Waals surface area contributed by atoms with Crippen LogP contribution in [0.25, 0.3) is 22.3 Å². The molecule has 4 heterocycles. The third-order valence-electron chi connectivity index (χ3n) is 8.66. The molecule has 1 atom stereocenters. The minimum absolute atomic E-state index is 0.0465. The summed E-state index contributed by atoms with van der Waals surface area (Å²) >= 11 is 0. The molecule has 10 nitrogen and oxygen atoms in total. The van der Waals surface area contributed by atoms with Gasteiger partial charge in [0.2, 0.25) is 0 Å². The van der Waals surface area contributed by atoms with Crippen LogP contribution in [-0.2, 0) is 17.0 Å². The molecular formula is C32H38F2N8O2S. The minimum Gasteiger partial charge on any atom is -0.364 e. The first kappa shape index (κ1) is 31.0. The molecule has 2 fully saturated rings. The van der Waals surface area contributed by atoms with E-state index in [0.717, 1.165) is 47.3 Å². The molecule has 1 aliphatic carbocycles. The van der Waals surface area contributed by atoms with Gasteiger partial charge in [0.25, 0.3) is 5.91 Å². The molecule has 238 valence electrons. The molecule has 1 N–H and O–H groups in total. The van der Waals surface area contributed by atoms with Crippen LogP contribution >= 0.6 is 10.0 Å². The number of fused-ring (bicyclic) bond motifs is 1. The summed E-state index contributed by atoms with van der Waals surface area (Å²) in [7, 11) is -0.637. The maximum Gasteiger partial charge on any atom is 0.254 e. The second kappa shape index (κ2) is 12.1. The smallest absolute Gasteiger partial charge is 0.254 e. The number of nitrogens with one attached hydrogen (secondary N) is 1. The molecule has 1 saturated carbocycles. The Morgan fingerprint density at radius 1 is 1.22 bits per heavy atom. The van der Waals surface area contributed by atoms with E-state index in [0.29, 0.717) is 24.9 Å². The number of nitrogens with zero attached hydrogens (tertiary/aromatic N) is 7. The Bertz CT molecular complexity index is 1760. The third kappa shape index (κ3) is 6.39. The molecule has 45 heavy (non-hydrogen) atoms. The number of nitriles is 1. The molecule has 1 aliphatic heterocycles. The number of hydrogen-bond acceptors (Lipinski definition) is 7. The van der Waals surface area contributed by atoms with E-state index in [9.17, 15) is 10.1 Å². The largest absolute Gasteiger partial charge is 0.364 e. The van der Waals surface area contributed by atoms with Crippen LogP contribution in [0, 0.1) is 28.9 Å². The van der Waals surface area contributed by atoms with E-state index in [4.69, 9.17) is 4.74 Å². The summed E-state index contributed by atoms with van der Waals surface area (Å²) in [5.74, 6) is -0.678. The Labute approximate surface area is 262 Å². The summed E-state index contributed by atoms with van der Waals surface area (Å²) in [5.41, 5.74) is 1.18. The normalized spacial score (nSPS) is 17.1. The second-order valence-corrected chi connectivity index (χ2v) is 17.6. The van der Waals surface area contributed by atoms with Gasteiger partial charge in [-0.05, 0) is 56.6 Å². The van der Waals surface area contributed by atoms with Crippen LogP contribution in [-0.4, -0.2) is 80.5 Å². The number of carbonyl (C=O) groups is 1. The van der Waals surface area contributed by atoms with Crippen LogP contribution < -0.4 is 10.2 Å². The van der Waals surface area contributed by atoms with Crippen molar-refractivity contribution in [3.05, 3.63) is 60.3 Å². The maximum atomic E-state index is 15.2. The van der Waals surface area contributed by atoms with E-state index < -0.39 is 33.1 Å². The van der Waals surface area contributed by atoms with Crippen LogP contribution in [0.2, 0.25) is 0 Å². The van der Waals surface area contributed by atoms with Crippen molar-refractivity contribution in [3.8, 4) is 17.3 Å². The summed E-state index contributed by atoms with van der Waals surface area (Å²) in [6, 6.07) is 6.11. The Hall–Kier alpha value is -4.02. The lowest BCUT2D eigenvalue weighted by Gasteiger charge is -2.50. The zero-order valence-electron chi connectivity index (χ0n) is 26.0. The Morgan fingerprint density at radius 3 is 2.71 bits per heavy atom. The van der Waals surface area contributed by atoms with E-state index in [2.05, 4.69) is 45.2 Å². The zero-order chi connectivity index (χ0) is 31.9. The standard InChI is InChI=1S/C32H38F2N8O2S/c1-21(22-5-6-22)39-31(43)25-13-27(34)28(14-26(25)33)41-17-32(18-41,8-9-35)42-16-23(15-38-42)29-24-7-10-40(30(24)37-19-36-29)20-44-11-12-45(2,3)4/h7,10,13-16,19,21-22H,5-6,8,11-12,17-18,20H2,1-4H3,(H,39,43)/t21-/m1/s1. The molecule has 1 aromatic carbocycles. The molecule has 3 aromatic heterocycles. The highest BCUT2D eigenvalue weighted by Crippen LogP contribution is 2.39. The van der Waals surface area contributed by atoms with Gasteiger partial charge in [-0.2, -0.15) is 10.4 Å². The van der Waals surface area contributed by atoms with Crippen molar-refractivity contribution in [2.45, 2.75) is 44.5 Å². The summed E-state index contributed by atoms with van der Waals surface area (Å²) < 4.78 is 39.9. The zero-order valence-corrected chi connectivity index (χ0v) is 26.8. The Balaban J connectivity index is 1.17. The van der Waals surface area contributed by atoms with Gasteiger partial charge in [-0.3, -0.25) is 9.48 Å². The number of rotatable bonds is 12. The van der Waals surface area contributed by atoms with E-state index >= 15 is 8.78 Å². The molecule has 1 amide bonds. The quantitative estimate of drug-likeness (QED) is 0.220. The van der Waals surface area contributed by atoms with Crippen LogP contribution in [0.1, 0.15) is 36.5 Å². The van der Waals surface area contributed by atoms with Crippen LogP contribution in [0.3, 0.4) is 0 Å². The van der Waals surface area contributed by atoms with Crippen LogP contribution in [0.5, 0.6) is 0 Å². The van der Waals surface area contributed by atoms with Gasteiger partial charge >= 0.3 is 0 Å². The fourth-order valence-corrected chi connectivity index (χ4v) is 6.40. The van der Waals surface area contributed by atoms with Crippen molar-refractivity contribution in [1.29, 1.82) is 5.26 Å². The average Bonchev–Trinajstić information content (AvgIpc) is 3.57. The first-order valence-electron chi connectivity index (χ1n) is 15.0.